The topological polar surface area (TPSA) is 90.9 Å². The zero-order chi connectivity index (χ0) is 24.1. The van der Waals surface area contributed by atoms with E-state index in [2.05, 4.69) is 17.0 Å². The molecule has 3 rings (SSSR count). The SMILES string of the molecule is CCOC(=O)c1c(NC(=O)[C@@H](C)OC(=O)c2cccc(OC(F)F)c2)sc2c1CC[C@@H](C)C2. The van der Waals surface area contributed by atoms with Crippen molar-refractivity contribution in [3.8, 4) is 5.75 Å². The van der Waals surface area contributed by atoms with Gasteiger partial charge in [-0.1, -0.05) is 13.0 Å². The molecule has 1 aliphatic rings. The van der Waals surface area contributed by atoms with Crippen molar-refractivity contribution in [2.24, 2.45) is 5.92 Å². The maximum atomic E-state index is 12.7. The molecule has 0 saturated heterocycles. The zero-order valence-corrected chi connectivity index (χ0v) is 19.3. The molecule has 0 bridgehead atoms. The van der Waals surface area contributed by atoms with Gasteiger partial charge in [0.15, 0.2) is 6.10 Å². The molecule has 33 heavy (non-hydrogen) atoms. The summed E-state index contributed by atoms with van der Waals surface area (Å²) in [6, 6.07) is 5.10. The van der Waals surface area contributed by atoms with Crippen LogP contribution in [0.5, 0.6) is 5.75 Å². The highest BCUT2D eigenvalue weighted by molar-refractivity contribution is 7.17. The van der Waals surface area contributed by atoms with E-state index in [1.807, 2.05) is 0 Å². The molecule has 1 aliphatic carbocycles. The first-order valence-electron chi connectivity index (χ1n) is 10.6. The van der Waals surface area contributed by atoms with E-state index in [4.69, 9.17) is 9.47 Å². The molecule has 2 atom stereocenters. The van der Waals surface area contributed by atoms with Crippen LogP contribution in [0.2, 0.25) is 0 Å². The van der Waals surface area contributed by atoms with Crippen molar-refractivity contribution in [1.29, 1.82) is 0 Å². The van der Waals surface area contributed by atoms with E-state index in [1.165, 1.54) is 36.5 Å². The summed E-state index contributed by atoms with van der Waals surface area (Å²) in [4.78, 5) is 38.8. The molecule has 1 N–H and O–H groups in total. The summed E-state index contributed by atoms with van der Waals surface area (Å²) in [5.74, 6) is -1.73. The summed E-state index contributed by atoms with van der Waals surface area (Å²) in [5.41, 5.74) is 1.21. The highest BCUT2D eigenvalue weighted by atomic mass is 32.1. The molecule has 0 spiro atoms. The maximum absolute atomic E-state index is 12.7. The van der Waals surface area contributed by atoms with Gasteiger partial charge in [0.1, 0.15) is 10.8 Å². The minimum atomic E-state index is -3.03. The average molecular weight is 482 g/mol. The fourth-order valence-corrected chi connectivity index (χ4v) is 4.95. The number of thiophene rings is 1. The normalized spacial score (nSPS) is 16.0. The van der Waals surface area contributed by atoms with Gasteiger partial charge in [0, 0.05) is 4.88 Å². The van der Waals surface area contributed by atoms with Gasteiger partial charge in [-0.05, 0) is 62.8 Å². The lowest BCUT2D eigenvalue weighted by atomic mass is 9.88. The van der Waals surface area contributed by atoms with Crippen LogP contribution in [0.4, 0.5) is 13.8 Å². The van der Waals surface area contributed by atoms with Gasteiger partial charge in [0.25, 0.3) is 5.91 Å². The van der Waals surface area contributed by atoms with Crippen molar-refractivity contribution in [3.05, 3.63) is 45.8 Å². The number of rotatable bonds is 8. The van der Waals surface area contributed by atoms with Gasteiger partial charge in [-0.15, -0.1) is 11.3 Å². The number of carbonyl (C=O) groups is 3. The summed E-state index contributed by atoms with van der Waals surface area (Å²) in [7, 11) is 0. The van der Waals surface area contributed by atoms with Gasteiger partial charge >= 0.3 is 18.6 Å². The van der Waals surface area contributed by atoms with E-state index in [1.54, 1.807) is 6.92 Å². The number of nitrogens with one attached hydrogen (secondary N) is 1. The number of carbonyl (C=O) groups excluding carboxylic acids is 3. The van der Waals surface area contributed by atoms with Crippen molar-refractivity contribution >= 4 is 34.2 Å². The molecule has 7 nitrogen and oxygen atoms in total. The molecule has 10 heteroatoms. The summed E-state index contributed by atoms with van der Waals surface area (Å²) in [6.07, 6.45) is 1.26. The molecular formula is C23H25F2NO6S. The van der Waals surface area contributed by atoms with Crippen LogP contribution in [0.15, 0.2) is 24.3 Å². The molecule has 2 aromatic rings. The third-order valence-electron chi connectivity index (χ3n) is 5.18. The van der Waals surface area contributed by atoms with Crippen LogP contribution >= 0.6 is 11.3 Å². The fourth-order valence-electron chi connectivity index (χ4n) is 3.55. The van der Waals surface area contributed by atoms with Crippen LogP contribution in [0.25, 0.3) is 0 Å². The Morgan fingerprint density at radius 2 is 2.00 bits per heavy atom. The third kappa shape index (κ3) is 6.07. The van der Waals surface area contributed by atoms with E-state index in [-0.39, 0.29) is 17.9 Å². The molecule has 1 amide bonds. The van der Waals surface area contributed by atoms with E-state index in [0.717, 1.165) is 35.8 Å². The van der Waals surface area contributed by atoms with E-state index in [0.29, 0.717) is 16.5 Å². The number of ether oxygens (including phenoxy) is 3. The summed E-state index contributed by atoms with van der Waals surface area (Å²) in [6.45, 7) is 2.39. The number of anilines is 1. The lowest BCUT2D eigenvalue weighted by molar-refractivity contribution is -0.123. The van der Waals surface area contributed by atoms with E-state index >= 15 is 0 Å². The largest absolute Gasteiger partial charge is 0.462 e. The summed E-state index contributed by atoms with van der Waals surface area (Å²) >= 11 is 1.33. The number of hydrogen-bond acceptors (Lipinski definition) is 7. The Bertz CT molecular complexity index is 1040. The molecule has 1 aromatic carbocycles. The third-order valence-corrected chi connectivity index (χ3v) is 6.35. The molecule has 0 saturated carbocycles. The Balaban J connectivity index is 1.73. The molecule has 0 aliphatic heterocycles. The highest BCUT2D eigenvalue weighted by Crippen LogP contribution is 2.40. The number of amides is 1. The second kappa shape index (κ2) is 10.7. The molecule has 1 heterocycles. The molecule has 1 aromatic heterocycles. The Morgan fingerprint density at radius 3 is 2.70 bits per heavy atom. The van der Waals surface area contributed by atoms with Gasteiger partial charge in [-0.3, -0.25) is 4.79 Å². The van der Waals surface area contributed by atoms with Crippen LogP contribution in [0.3, 0.4) is 0 Å². The first-order chi connectivity index (χ1) is 15.7. The molecule has 0 fully saturated rings. The maximum Gasteiger partial charge on any atom is 0.387 e. The van der Waals surface area contributed by atoms with Crippen LogP contribution < -0.4 is 10.1 Å². The fraction of sp³-hybridized carbons (Fsp3) is 0.435. The van der Waals surface area contributed by atoms with Crippen LogP contribution in [-0.2, 0) is 27.1 Å². The average Bonchev–Trinajstić information content (AvgIpc) is 3.10. The van der Waals surface area contributed by atoms with Crippen molar-refractivity contribution < 1.29 is 37.4 Å². The van der Waals surface area contributed by atoms with Gasteiger partial charge < -0.3 is 19.5 Å². The predicted molar refractivity (Wildman–Crippen MR) is 118 cm³/mol. The lowest BCUT2D eigenvalue weighted by Crippen LogP contribution is -2.30. The van der Waals surface area contributed by atoms with Crippen molar-refractivity contribution in [1.82, 2.24) is 0 Å². The van der Waals surface area contributed by atoms with Crippen LogP contribution in [-0.4, -0.2) is 37.2 Å². The monoisotopic (exact) mass is 481 g/mol. The van der Waals surface area contributed by atoms with Crippen LogP contribution in [0.1, 0.15) is 58.3 Å². The van der Waals surface area contributed by atoms with Crippen molar-refractivity contribution in [3.63, 3.8) is 0 Å². The van der Waals surface area contributed by atoms with Crippen molar-refractivity contribution in [2.45, 2.75) is 52.7 Å². The summed E-state index contributed by atoms with van der Waals surface area (Å²) < 4.78 is 39.5. The number of esters is 2. The summed E-state index contributed by atoms with van der Waals surface area (Å²) in [5, 5.41) is 3.06. The molecule has 0 unspecified atom stereocenters. The Kier molecular flexibility index (Phi) is 8.01. The minimum absolute atomic E-state index is 0.0411. The molecule has 0 radical (unpaired) electrons. The lowest BCUT2D eigenvalue weighted by Gasteiger charge is -2.18. The Morgan fingerprint density at radius 1 is 1.24 bits per heavy atom. The Labute approximate surface area is 194 Å². The standard InChI is InChI=1S/C23H25F2NO6S/c1-4-30-22(29)18-16-9-8-12(2)10-17(16)33-20(18)26-19(27)13(3)31-21(28)14-6-5-7-15(11-14)32-23(24)25/h5-7,11-13,23H,4,8-10H2,1-3H3,(H,26,27)/t12-,13-/m1/s1. The zero-order valence-electron chi connectivity index (χ0n) is 18.5. The second-order valence-corrected chi connectivity index (χ2v) is 8.82. The number of benzene rings is 1. The predicted octanol–water partition coefficient (Wildman–Crippen LogP) is 4.84. The molecular weight excluding hydrogens is 456 g/mol. The van der Waals surface area contributed by atoms with Gasteiger partial charge in [-0.25, -0.2) is 9.59 Å². The smallest absolute Gasteiger partial charge is 0.387 e. The van der Waals surface area contributed by atoms with Gasteiger partial charge in [0.05, 0.1) is 17.7 Å². The second-order valence-electron chi connectivity index (χ2n) is 7.72. The number of alkyl halides is 2. The number of hydrogen-bond donors (Lipinski definition) is 1. The van der Waals surface area contributed by atoms with E-state index in [9.17, 15) is 23.2 Å². The van der Waals surface area contributed by atoms with Gasteiger partial charge in [0.2, 0.25) is 0 Å². The quantitative estimate of drug-likeness (QED) is 0.543. The number of fused-ring (bicyclic) bond motifs is 1. The Hall–Kier alpha value is -3.01. The number of halogens is 2. The van der Waals surface area contributed by atoms with Gasteiger partial charge in [-0.2, -0.15) is 8.78 Å². The molecule has 178 valence electrons. The minimum Gasteiger partial charge on any atom is -0.462 e. The van der Waals surface area contributed by atoms with Crippen molar-refractivity contribution in [2.75, 3.05) is 11.9 Å². The van der Waals surface area contributed by atoms with Crippen LogP contribution in [0, 0.1) is 5.92 Å². The highest BCUT2D eigenvalue weighted by Gasteiger charge is 2.30. The first-order valence-corrected chi connectivity index (χ1v) is 11.4. The van der Waals surface area contributed by atoms with E-state index < -0.39 is 30.6 Å². The first kappa shape index (κ1) is 24.6.